The Balaban J connectivity index is 3.73. The van der Waals surface area contributed by atoms with Gasteiger partial charge in [-0.2, -0.15) is 0 Å². The minimum atomic E-state index is -0.599. The van der Waals surface area contributed by atoms with Gasteiger partial charge in [-0.05, 0) is 31.9 Å². The maximum Gasteiger partial charge on any atom is 0.331 e. The number of carbonyl (C=O) groups excluding carboxylic acids is 2. The molecular formula is C6H6Br2O4. The highest BCUT2D eigenvalue weighted by molar-refractivity contribution is 9.09. The molecule has 0 aliphatic rings. The lowest BCUT2D eigenvalue weighted by Gasteiger charge is -1.94. The second-order valence-corrected chi connectivity index (χ2v) is 2.39. The zero-order chi connectivity index (χ0) is 9.40. The van der Waals surface area contributed by atoms with E-state index in [0.29, 0.717) is 0 Å². The first-order chi connectivity index (χ1) is 5.70. The van der Waals surface area contributed by atoms with Crippen LogP contribution in [0.3, 0.4) is 0 Å². The third-order valence-corrected chi connectivity index (χ3v) is 1.21. The maximum absolute atomic E-state index is 10.6. The Labute approximate surface area is 86.2 Å². The van der Waals surface area contributed by atoms with Crippen molar-refractivity contribution in [1.82, 2.24) is 0 Å². The van der Waals surface area contributed by atoms with E-state index in [1.165, 1.54) is 0 Å². The molecule has 6 heteroatoms. The summed E-state index contributed by atoms with van der Waals surface area (Å²) in [7, 11) is 0. The summed E-state index contributed by atoms with van der Waals surface area (Å²) < 4.78 is 8.88. The summed E-state index contributed by atoms with van der Waals surface area (Å²) in [5.74, 6) is -1.20. The lowest BCUT2D eigenvalue weighted by molar-refractivity contribution is -0.138. The van der Waals surface area contributed by atoms with Gasteiger partial charge in [0.05, 0.1) is 0 Å². The zero-order valence-electron chi connectivity index (χ0n) is 5.96. The lowest BCUT2D eigenvalue weighted by Crippen LogP contribution is -2.02. The second kappa shape index (κ2) is 7.30. The molecule has 0 rings (SSSR count). The van der Waals surface area contributed by atoms with Crippen LogP contribution < -0.4 is 0 Å². The average molecular weight is 302 g/mol. The van der Waals surface area contributed by atoms with Gasteiger partial charge in [-0.25, -0.2) is 9.59 Å². The first kappa shape index (κ1) is 11.6. The molecule has 0 N–H and O–H groups in total. The molecule has 0 heterocycles. The van der Waals surface area contributed by atoms with Crippen LogP contribution in [0.1, 0.15) is 0 Å². The van der Waals surface area contributed by atoms with Crippen molar-refractivity contribution in [2.24, 2.45) is 0 Å². The van der Waals surface area contributed by atoms with E-state index < -0.39 is 11.9 Å². The predicted octanol–water partition coefficient (Wildman–Crippen LogP) is 1.33. The molecule has 0 fully saturated rings. The molecule has 0 aromatic rings. The minimum absolute atomic E-state index is 0.101. The number of ether oxygens (including phenoxy) is 2. The molecule has 0 bridgehead atoms. The topological polar surface area (TPSA) is 52.6 Å². The normalized spacial score (nSPS) is 9.83. The van der Waals surface area contributed by atoms with Gasteiger partial charge < -0.3 is 9.47 Å². The van der Waals surface area contributed by atoms with Gasteiger partial charge in [0.1, 0.15) is 11.0 Å². The van der Waals surface area contributed by atoms with Crippen molar-refractivity contribution >= 4 is 43.8 Å². The summed E-state index contributed by atoms with van der Waals surface area (Å²) in [6.45, 7) is 0. The number of carbonyl (C=O) groups is 2. The predicted molar refractivity (Wildman–Crippen MR) is 48.9 cm³/mol. The lowest BCUT2D eigenvalue weighted by atomic mass is 10.5. The number of esters is 2. The Morgan fingerprint density at radius 3 is 1.58 bits per heavy atom. The van der Waals surface area contributed by atoms with Crippen LogP contribution in [-0.2, 0) is 19.1 Å². The molecular weight excluding hydrogens is 296 g/mol. The standard InChI is InChI=1S/C6H6Br2O4/c7-3-11-5(9)1-2-6(10)12-4-8/h1-2H,3-4H2/b2-1-. The van der Waals surface area contributed by atoms with Crippen molar-refractivity contribution in [3.63, 3.8) is 0 Å². The Bertz CT molecular complexity index is 170. The zero-order valence-corrected chi connectivity index (χ0v) is 9.13. The van der Waals surface area contributed by atoms with Crippen LogP contribution in [0.25, 0.3) is 0 Å². The number of rotatable bonds is 4. The molecule has 0 aliphatic heterocycles. The maximum atomic E-state index is 10.6. The number of alkyl halides is 2. The van der Waals surface area contributed by atoms with Gasteiger partial charge in [0.25, 0.3) is 0 Å². The van der Waals surface area contributed by atoms with Gasteiger partial charge in [0, 0.05) is 12.2 Å². The van der Waals surface area contributed by atoms with E-state index in [1.807, 2.05) is 0 Å². The largest absolute Gasteiger partial charge is 0.451 e. The summed E-state index contributed by atoms with van der Waals surface area (Å²) in [6.07, 6.45) is 1.98. The third kappa shape index (κ3) is 6.36. The first-order valence-corrected chi connectivity index (χ1v) is 5.08. The number of hydrogen-bond acceptors (Lipinski definition) is 4. The molecule has 0 unspecified atom stereocenters. The highest BCUT2D eigenvalue weighted by atomic mass is 79.9. The fraction of sp³-hybridized carbons (Fsp3) is 0.333. The smallest absolute Gasteiger partial charge is 0.331 e. The fourth-order valence-corrected chi connectivity index (χ4v) is 0.791. The van der Waals surface area contributed by atoms with Gasteiger partial charge >= 0.3 is 11.9 Å². The van der Waals surface area contributed by atoms with Crippen molar-refractivity contribution < 1.29 is 19.1 Å². The molecule has 0 aliphatic carbocycles. The van der Waals surface area contributed by atoms with Crippen molar-refractivity contribution in [3.8, 4) is 0 Å². The molecule has 4 nitrogen and oxygen atoms in total. The number of halogens is 2. The monoisotopic (exact) mass is 300 g/mol. The van der Waals surface area contributed by atoms with Crippen LogP contribution in [-0.4, -0.2) is 23.0 Å². The molecule has 0 saturated carbocycles. The van der Waals surface area contributed by atoms with E-state index in [2.05, 4.69) is 41.3 Å². The third-order valence-electron chi connectivity index (χ3n) is 0.749. The summed E-state index contributed by atoms with van der Waals surface area (Å²) in [4.78, 5) is 21.2. The molecule has 0 atom stereocenters. The van der Waals surface area contributed by atoms with E-state index in [-0.39, 0.29) is 11.0 Å². The molecule has 0 aromatic carbocycles. The Kier molecular flexibility index (Phi) is 7.08. The molecule has 0 saturated heterocycles. The highest BCUT2D eigenvalue weighted by Crippen LogP contribution is 1.89. The van der Waals surface area contributed by atoms with Gasteiger partial charge in [-0.1, -0.05) is 0 Å². The van der Waals surface area contributed by atoms with Gasteiger partial charge in [0.15, 0.2) is 0 Å². The van der Waals surface area contributed by atoms with Crippen molar-refractivity contribution in [2.75, 3.05) is 11.0 Å². The van der Waals surface area contributed by atoms with Gasteiger partial charge in [-0.3, -0.25) is 0 Å². The SMILES string of the molecule is O=C(/C=C\C(=O)OCBr)OCBr. The van der Waals surface area contributed by atoms with Crippen LogP contribution in [0, 0.1) is 0 Å². The first-order valence-electron chi connectivity index (χ1n) is 2.84. The Hall–Kier alpha value is -0.360. The summed E-state index contributed by atoms with van der Waals surface area (Å²) >= 11 is 5.77. The molecule has 0 aromatic heterocycles. The van der Waals surface area contributed by atoms with E-state index in [0.717, 1.165) is 12.2 Å². The summed E-state index contributed by atoms with van der Waals surface area (Å²) in [6, 6.07) is 0. The highest BCUT2D eigenvalue weighted by Gasteiger charge is 1.98. The molecule has 0 radical (unpaired) electrons. The quantitative estimate of drug-likeness (QED) is 0.447. The summed E-state index contributed by atoms with van der Waals surface area (Å²) in [5, 5.41) is 0. The van der Waals surface area contributed by atoms with Crippen LogP contribution in [0.4, 0.5) is 0 Å². The van der Waals surface area contributed by atoms with Crippen LogP contribution in [0.2, 0.25) is 0 Å². The van der Waals surface area contributed by atoms with Crippen molar-refractivity contribution in [2.45, 2.75) is 0 Å². The molecule has 68 valence electrons. The van der Waals surface area contributed by atoms with Crippen LogP contribution in [0.5, 0.6) is 0 Å². The Morgan fingerprint density at radius 1 is 1.00 bits per heavy atom. The van der Waals surface area contributed by atoms with E-state index >= 15 is 0 Å². The van der Waals surface area contributed by atoms with Crippen molar-refractivity contribution in [3.05, 3.63) is 12.2 Å². The molecule has 0 spiro atoms. The summed E-state index contributed by atoms with van der Waals surface area (Å²) in [5.41, 5.74) is 0.202. The minimum Gasteiger partial charge on any atom is -0.451 e. The second-order valence-electron chi connectivity index (χ2n) is 1.48. The van der Waals surface area contributed by atoms with Crippen LogP contribution >= 0.6 is 31.9 Å². The number of hydrogen-bond donors (Lipinski definition) is 0. The van der Waals surface area contributed by atoms with Gasteiger partial charge in [0.2, 0.25) is 0 Å². The Morgan fingerprint density at radius 2 is 1.33 bits per heavy atom. The molecule has 0 amide bonds. The average Bonchev–Trinajstić information content (AvgIpc) is 2.02. The van der Waals surface area contributed by atoms with E-state index in [4.69, 9.17) is 0 Å². The fourth-order valence-electron chi connectivity index (χ4n) is 0.340. The van der Waals surface area contributed by atoms with Gasteiger partial charge in [-0.15, -0.1) is 0 Å². The molecule has 12 heavy (non-hydrogen) atoms. The van der Waals surface area contributed by atoms with Crippen LogP contribution in [0.15, 0.2) is 12.2 Å². The van der Waals surface area contributed by atoms with E-state index in [1.54, 1.807) is 0 Å². The van der Waals surface area contributed by atoms with E-state index in [9.17, 15) is 9.59 Å². The van der Waals surface area contributed by atoms with Crippen molar-refractivity contribution in [1.29, 1.82) is 0 Å².